The highest BCUT2D eigenvalue weighted by molar-refractivity contribution is 6.30. The highest BCUT2D eigenvalue weighted by Gasteiger charge is 2.15. The summed E-state index contributed by atoms with van der Waals surface area (Å²) in [5, 5.41) is 12.0. The van der Waals surface area contributed by atoms with E-state index < -0.39 is 10.8 Å². The second-order valence-electron chi connectivity index (χ2n) is 3.96. The maximum atomic E-state index is 12.1. The molecule has 7 heteroatoms. The number of hydrazine groups is 1. The van der Waals surface area contributed by atoms with Crippen molar-refractivity contribution in [1.82, 2.24) is 0 Å². The van der Waals surface area contributed by atoms with Crippen LogP contribution in [0.15, 0.2) is 48.5 Å². The first-order valence-corrected chi connectivity index (χ1v) is 5.96. The van der Waals surface area contributed by atoms with Crippen LogP contribution in [0.3, 0.4) is 0 Å². The minimum atomic E-state index is -0.522. The Balaban J connectivity index is 2.22. The van der Waals surface area contributed by atoms with Gasteiger partial charge in [0, 0.05) is 22.7 Å². The minimum Gasteiger partial charge on any atom is -0.267 e. The topological polar surface area (TPSA) is 89.5 Å². The summed E-state index contributed by atoms with van der Waals surface area (Å²) in [5.41, 5.74) is 0.659. The van der Waals surface area contributed by atoms with Crippen molar-refractivity contribution in [3.63, 3.8) is 0 Å². The van der Waals surface area contributed by atoms with Gasteiger partial charge in [0.05, 0.1) is 10.6 Å². The maximum Gasteiger partial charge on any atom is 0.272 e. The van der Waals surface area contributed by atoms with Crippen molar-refractivity contribution in [3.8, 4) is 0 Å². The predicted molar refractivity (Wildman–Crippen MR) is 75.5 cm³/mol. The van der Waals surface area contributed by atoms with E-state index >= 15 is 0 Å². The van der Waals surface area contributed by atoms with Gasteiger partial charge in [-0.15, -0.1) is 0 Å². The molecule has 0 aliphatic heterocycles. The molecule has 0 aromatic heterocycles. The molecule has 0 fully saturated rings. The molecule has 0 radical (unpaired) electrons. The van der Waals surface area contributed by atoms with Crippen LogP contribution in [0.5, 0.6) is 0 Å². The van der Waals surface area contributed by atoms with Gasteiger partial charge in [-0.1, -0.05) is 11.6 Å². The molecule has 2 rings (SSSR count). The van der Waals surface area contributed by atoms with Crippen LogP contribution >= 0.6 is 11.6 Å². The first kappa shape index (κ1) is 14.0. The van der Waals surface area contributed by atoms with Gasteiger partial charge in [-0.2, -0.15) is 0 Å². The third-order valence-electron chi connectivity index (χ3n) is 2.65. The number of hydrogen-bond donors (Lipinski definition) is 1. The van der Waals surface area contributed by atoms with Gasteiger partial charge in [0.1, 0.15) is 0 Å². The Labute approximate surface area is 119 Å². The molecule has 6 nitrogen and oxygen atoms in total. The number of nitro benzene ring substituents is 1. The molecular formula is C13H10ClN3O3. The molecular weight excluding hydrogens is 282 g/mol. The third-order valence-corrected chi connectivity index (χ3v) is 2.90. The summed E-state index contributed by atoms with van der Waals surface area (Å²) in [5.74, 6) is 5.28. The number of nitrogens with zero attached hydrogens (tertiary/aromatic N) is 2. The zero-order chi connectivity index (χ0) is 14.7. The van der Waals surface area contributed by atoms with E-state index in [9.17, 15) is 14.9 Å². The Hall–Kier alpha value is -2.44. The van der Waals surface area contributed by atoms with E-state index in [1.807, 2.05) is 0 Å². The van der Waals surface area contributed by atoms with Crippen molar-refractivity contribution in [2.24, 2.45) is 5.84 Å². The number of benzene rings is 2. The zero-order valence-corrected chi connectivity index (χ0v) is 10.9. The van der Waals surface area contributed by atoms with Crippen LogP contribution in [0.1, 0.15) is 10.4 Å². The van der Waals surface area contributed by atoms with Gasteiger partial charge < -0.3 is 0 Å². The van der Waals surface area contributed by atoms with Crippen LogP contribution in [0.2, 0.25) is 5.02 Å². The van der Waals surface area contributed by atoms with Crippen molar-refractivity contribution >= 4 is 28.9 Å². The molecule has 0 unspecified atom stereocenters. The minimum absolute atomic E-state index is 0.0684. The smallest absolute Gasteiger partial charge is 0.267 e. The summed E-state index contributed by atoms with van der Waals surface area (Å²) in [4.78, 5) is 22.1. The zero-order valence-electron chi connectivity index (χ0n) is 10.2. The number of anilines is 1. The summed E-state index contributed by atoms with van der Waals surface area (Å²) >= 11 is 5.74. The van der Waals surface area contributed by atoms with Crippen molar-refractivity contribution in [2.45, 2.75) is 0 Å². The summed E-state index contributed by atoms with van der Waals surface area (Å²) in [7, 11) is 0. The SMILES string of the molecule is NN(C(=O)c1ccc(Cl)cc1)c1ccc([N+](=O)[O-])cc1. The quantitative estimate of drug-likeness (QED) is 0.407. The van der Waals surface area contributed by atoms with Crippen LogP contribution in [0.25, 0.3) is 0 Å². The fraction of sp³-hybridized carbons (Fsp3) is 0. The van der Waals surface area contributed by atoms with E-state index in [1.54, 1.807) is 24.3 Å². The largest absolute Gasteiger partial charge is 0.272 e. The molecule has 2 aromatic carbocycles. The Morgan fingerprint density at radius 3 is 2.15 bits per heavy atom. The molecule has 2 N–H and O–H groups in total. The van der Waals surface area contributed by atoms with Gasteiger partial charge in [0.25, 0.3) is 11.6 Å². The Morgan fingerprint density at radius 1 is 1.10 bits per heavy atom. The van der Waals surface area contributed by atoms with Gasteiger partial charge >= 0.3 is 0 Å². The van der Waals surface area contributed by atoms with Gasteiger partial charge in [-0.3, -0.25) is 14.9 Å². The fourth-order valence-electron chi connectivity index (χ4n) is 1.58. The lowest BCUT2D eigenvalue weighted by Crippen LogP contribution is -2.37. The molecule has 20 heavy (non-hydrogen) atoms. The first-order chi connectivity index (χ1) is 9.49. The molecule has 2 aromatic rings. The van der Waals surface area contributed by atoms with Gasteiger partial charge in [0.15, 0.2) is 0 Å². The Morgan fingerprint density at radius 2 is 1.65 bits per heavy atom. The lowest BCUT2D eigenvalue weighted by molar-refractivity contribution is -0.384. The third kappa shape index (κ3) is 2.93. The number of nitrogens with two attached hydrogens (primary N) is 1. The summed E-state index contributed by atoms with van der Waals surface area (Å²) < 4.78 is 0. The van der Waals surface area contributed by atoms with Crippen molar-refractivity contribution in [3.05, 3.63) is 69.2 Å². The van der Waals surface area contributed by atoms with Crippen LogP contribution in [-0.2, 0) is 0 Å². The lowest BCUT2D eigenvalue weighted by atomic mass is 10.2. The van der Waals surface area contributed by atoms with Crippen LogP contribution in [0.4, 0.5) is 11.4 Å². The monoisotopic (exact) mass is 291 g/mol. The number of halogens is 1. The van der Waals surface area contributed by atoms with E-state index in [1.165, 1.54) is 24.3 Å². The van der Waals surface area contributed by atoms with E-state index in [0.717, 1.165) is 5.01 Å². The second kappa shape index (κ2) is 5.68. The average molecular weight is 292 g/mol. The van der Waals surface area contributed by atoms with Crippen LogP contribution in [0, 0.1) is 10.1 Å². The maximum absolute atomic E-state index is 12.1. The summed E-state index contributed by atoms with van der Waals surface area (Å²) in [6.07, 6.45) is 0. The Bertz CT molecular complexity index is 641. The molecule has 0 aliphatic rings. The Kier molecular flexibility index (Phi) is 3.97. The van der Waals surface area contributed by atoms with E-state index in [2.05, 4.69) is 0 Å². The highest BCUT2D eigenvalue weighted by atomic mass is 35.5. The van der Waals surface area contributed by atoms with E-state index in [-0.39, 0.29) is 5.69 Å². The number of non-ortho nitro benzene ring substituents is 1. The molecule has 0 heterocycles. The first-order valence-electron chi connectivity index (χ1n) is 5.58. The molecule has 0 aliphatic carbocycles. The summed E-state index contributed by atoms with van der Waals surface area (Å²) in [6.45, 7) is 0. The lowest BCUT2D eigenvalue weighted by Gasteiger charge is -2.16. The number of rotatable bonds is 3. The van der Waals surface area contributed by atoms with Crippen LogP contribution in [-0.4, -0.2) is 10.8 Å². The average Bonchev–Trinajstić information content (AvgIpc) is 2.46. The summed E-state index contributed by atoms with van der Waals surface area (Å²) in [6, 6.07) is 11.6. The van der Waals surface area contributed by atoms with E-state index in [4.69, 9.17) is 17.4 Å². The molecule has 0 bridgehead atoms. The normalized spacial score (nSPS) is 10.1. The molecule has 1 amide bonds. The van der Waals surface area contributed by atoms with Gasteiger partial charge in [-0.25, -0.2) is 10.9 Å². The molecule has 102 valence electrons. The fourth-order valence-corrected chi connectivity index (χ4v) is 1.71. The number of carbonyl (C=O) groups excluding carboxylic acids is 1. The van der Waals surface area contributed by atoms with Gasteiger partial charge in [-0.05, 0) is 36.4 Å². The van der Waals surface area contributed by atoms with Crippen molar-refractivity contribution in [2.75, 3.05) is 5.01 Å². The standard InChI is InChI=1S/C13H10ClN3O3/c14-10-3-1-9(2-4-10)13(18)16(15)11-5-7-12(8-6-11)17(19)20/h1-8H,15H2. The number of carbonyl (C=O) groups is 1. The van der Waals surface area contributed by atoms with Crippen molar-refractivity contribution < 1.29 is 9.72 Å². The molecule has 0 saturated carbocycles. The number of nitro groups is 1. The van der Waals surface area contributed by atoms with Crippen LogP contribution < -0.4 is 10.9 Å². The molecule has 0 spiro atoms. The predicted octanol–water partition coefficient (Wildman–Crippen LogP) is 2.77. The second-order valence-corrected chi connectivity index (χ2v) is 4.39. The van der Waals surface area contributed by atoms with Gasteiger partial charge in [0.2, 0.25) is 0 Å². The molecule has 0 saturated heterocycles. The van der Waals surface area contributed by atoms with E-state index in [0.29, 0.717) is 16.3 Å². The number of hydrogen-bond acceptors (Lipinski definition) is 4. The highest BCUT2D eigenvalue weighted by Crippen LogP contribution is 2.19. The number of amides is 1. The molecule has 0 atom stereocenters. The van der Waals surface area contributed by atoms with Crippen molar-refractivity contribution in [1.29, 1.82) is 0 Å².